The van der Waals surface area contributed by atoms with E-state index in [1.165, 1.54) is 17.0 Å². The highest BCUT2D eigenvalue weighted by Crippen LogP contribution is 2.02. The van der Waals surface area contributed by atoms with Crippen molar-refractivity contribution in [3.8, 4) is 0 Å². The molecule has 0 aromatic heterocycles. The zero-order chi connectivity index (χ0) is 10.3. The Hall–Kier alpha value is -1.56. The molecule has 0 aliphatic carbocycles. The van der Waals surface area contributed by atoms with Crippen molar-refractivity contribution in [1.29, 1.82) is 0 Å². The molecule has 70 valence electrons. The molecule has 0 heterocycles. The molecule has 0 spiro atoms. The molecule has 6 nitrogen and oxygen atoms in total. The second-order valence-electron chi connectivity index (χ2n) is 1.95. The molecule has 2 N–H and O–H groups in total. The van der Waals surface area contributed by atoms with Crippen LogP contribution in [0.25, 0.3) is 16.0 Å². The highest BCUT2D eigenvalue weighted by molar-refractivity contribution is 7.89. The molecule has 0 aliphatic rings. The summed E-state index contributed by atoms with van der Waals surface area (Å²) in [6, 6.07) is 7.89. The van der Waals surface area contributed by atoms with Crippen LogP contribution in [0.2, 0.25) is 0 Å². The van der Waals surface area contributed by atoms with E-state index in [2.05, 4.69) is 0 Å². The number of rotatable bonds is 1. The summed E-state index contributed by atoms with van der Waals surface area (Å²) in [4.78, 5) is 1.65. The Bertz CT molecular complexity index is 380. The van der Waals surface area contributed by atoms with Crippen molar-refractivity contribution in [3.05, 3.63) is 46.3 Å². The standard InChI is InChI=1S/C6H7NO2S.N3/c7-10(8,9)6-4-2-1-3-5-6;1-3-2/h1-5H,(H2,7,8,9);/q;-1. The molecule has 13 heavy (non-hydrogen) atoms. The van der Waals surface area contributed by atoms with E-state index in [1.54, 1.807) is 18.2 Å². The second-order valence-corrected chi connectivity index (χ2v) is 3.51. The summed E-state index contributed by atoms with van der Waals surface area (Å²) in [7, 11) is -3.50. The van der Waals surface area contributed by atoms with Gasteiger partial charge in [0.1, 0.15) is 0 Å². The molecule has 0 saturated heterocycles. The Morgan fingerprint density at radius 3 is 1.77 bits per heavy atom. The van der Waals surface area contributed by atoms with Gasteiger partial charge in [-0.05, 0) is 12.1 Å². The van der Waals surface area contributed by atoms with Crippen molar-refractivity contribution in [2.24, 2.45) is 5.14 Å². The van der Waals surface area contributed by atoms with E-state index in [0.717, 1.165) is 0 Å². The maximum absolute atomic E-state index is 10.6. The van der Waals surface area contributed by atoms with E-state index in [-0.39, 0.29) is 4.90 Å². The summed E-state index contributed by atoms with van der Waals surface area (Å²) >= 11 is 0. The zero-order valence-corrected chi connectivity index (χ0v) is 7.35. The lowest BCUT2D eigenvalue weighted by molar-refractivity contribution is 0.598. The van der Waals surface area contributed by atoms with Crippen molar-refractivity contribution < 1.29 is 8.42 Å². The van der Waals surface area contributed by atoms with Gasteiger partial charge in [-0.15, -0.1) is 0 Å². The minimum Gasteiger partial charge on any atom is -0.373 e. The van der Waals surface area contributed by atoms with Crippen LogP contribution in [0.5, 0.6) is 0 Å². The van der Waals surface area contributed by atoms with E-state index >= 15 is 0 Å². The predicted octanol–water partition coefficient (Wildman–Crippen LogP) is 1.20. The summed E-state index contributed by atoms with van der Waals surface area (Å²) in [6.07, 6.45) is 0. The average molecular weight is 199 g/mol. The number of sulfonamides is 1. The summed E-state index contributed by atoms with van der Waals surface area (Å²) in [5.41, 5.74) is 13.5. The molecule has 1 aromatic carbocycles. The normalized spacial score (nSPS) is 9.31. The lowest BCUT2D eigenvalue weighted by Gasteiger charge is -1.93. The number of nitrogens with zero attached hydrogens (tertiary/aromatic N) is 3. The van der Waals surface area contributed by atoms with Crippen molar-refractivity contribution in [2.45, 2.75) is 4.90 Å². The maximum Gasteiger partial charge on any atom is 0.238 e. The van der Waals surface area contributed by atoms with Crippen LogP contribution < -0.4 is 5.14 Å². The molecule has 0 fully saturated rings. The monoisotopic (exact) mass is 199 g/mol. The molecular formula is C6H7N4O2S-. The Labute approximate surface area is 75.5 Å². The summed E-state index contributed by atoms with van der Waals surface area (Å²) in [5, 5.41) is 4.83. The van der Waals surface area contributed by atoms with Gasteiger partial charge in [0.2, 0.25) is 10.0 Å². The van der Waals surface area contributed by atoms with Crippen LogP contribution in [-0.4, -0.2) is 8.42 Å². The van der Waals surface area contributed by atoms with Crippen LogP contribution in [0.4, 0.5) is 0 Å². The number of benzene rings is 1. The largest absolute Gasteiger partial charge is 0.373 e. The lowest BCUT2D eigenvalue weighted by Crippen LogP contribution is -2.11. The first kappa shape index (κ1) is 11.4. The molecule has 0 unspecified atom stereocenters. The first-order valence-electron chi connectivity index (χ1n) is 3.08. The molecule has 0 aliphatic heterocycles. The third-order valence-corrected chi connectivity index (χ3v) is 2.00. The van der Waals surface area contributed by atoms with Crippen LogP contribution in [-0.2, 0) is 10.0 Å². The van der Waals surface area contributed by atoms with Gasteiger partial charge in [0.15, 0.2) is 0 Å². The molecule has 7 heteroatoms. The number of hydrogen-bond acceptors (Lipinski definition) is 2. The fraction of sp³-hybridized carbons (Fsp3) is 0. The molecule has 0 atom stereocenters. The Balaban J connectivity index is 0.000000424. The molecule has 0 bridgehead atoms. The molecule has 1 aromatic rings. The van der Waals surface area contributed by atoms with E-state index in [4.69, 9.17) is 16.2 Å². The minimum atomic E-state index is -3.50. The third kappa shape index (κ3) is 4.81. The second kappa shape index (κ2) is 5.15. The van der Waals surface area contributed by atoms with Gasteiger partial charge in [-0.25, -0.2) is 13.6 Å². The summed E-state index contributed by atoms with van der Waals surface area (Å²) < 4.78 is 21.2. The van der Waals surface area contributed by atoms with Crippen molar-refractivity contribution in [1.82, 2.24) is 0 Å². The smallest absolute Gasteiger partial charge is 0.238 e. The van der Waals surface area contributed by atoms with Gasteiger partial charge in [-0.1, -0.05) is 18.2 Å². The van der Waals surface area contributed by atoms with Crippen LogP contribution in [0.1, 0.15) is 0 Å². The van der Waals surface area contributed by atoms with Crippen molar-refractivity contribution in [3.63, 3.8) is 0 Å². The number of hydrogen-bond donors (Lipinski definition) is 1. The van der Waals surface area contributed by atoms with Crippen LogP contribution >= 0.6 is 0 Å². The van der Waals surface area contributed by atoms with E-state index in [0.29, 0.717) is 0 Å². The predicted molar refractivity (Wildman–Crippen MR) is 47.9 cm³/mol. The minimum absolute atomic E-state index is 0.148. The van der Waals surface area contributed by atoms with Gasteiger partial charge >= 0.3 is 0 Å². The van der Waals surface area contributed by atoms with Crippen LogP contribution in [0.3, 0.4) is 0 Å². The van der Waals surface area contributed by atoms with Gasteiger partial charge in [0.05, 0.1) is 4.90 Å². The fourth-order valence-corrected chi connectivity index (χ4v) is 1.15. The number of nitrogens with two attached hydrogens (primary N) is 1. The van der Waals surface area contributed by atoms with Gasteiger partial charge in [-0.3, -0.25) is 4.91 Å². The maximum atomic E-state index is 10.6. The Morgan fingerprint density at radius 1 is 1.15 bits per heavy atom. The fourth-order valence-electron chi connectivity index (χ4n) is 0.610. The quantitative estimate of drug-likeness (QED) is 0.415. The third-order valence-electron chi connectivity index (χ3n) is 1.07. The average Bonchev–Trinajstić information content (AvgIpc) is 2.06. The highest BCUT2D eigenvalue weighted by atomic mass is 32.2. The van der Waals surface area contributed by atoms with Gasteiger partial charge in [0, 0.05) is 0 Å². The van der Waals surface area contributed by atoms with Crippen molar-refractivity contribution in [2.75, 3.05) is 0 Å². The highest BCUT2D eigenvalue weighted by Gasteiger charge is 2.03. The Morgan fingerprint density at radius 2 is 1.54 bits per heavy atom. The van der Waals surface area contributed by atoms with Gasteiger partial charge in [0.25, 0.3) is 0 Å². The van der Waals surface area contributed by atoms with Crippen molar-refractivity contribution >= 4 is 10.0 Å². The molecule has 0 amide bonds. The Kier molecular flexibility index (Phi) is 4.53. The first-order valence-corrected chi connectivity index (χ1v) is 4.63. The van der Waals surface area contributed by atoms with Gasteiger partial charge < -0.3 is 11.1 Å². The lowest BCUT2D eigenvalue weighted by atomic mass is 10.4. The van der Waals surface area contributed by atoms with Crippen LogP contribution in [0.15, 0.2) is 35.2 Å². The first-order chi connectivity index (χ1) is 6.02. The van der Waals surface area contributed by atoms with E-state index < -0.39 is 10.0 Å². The molecule has 0 saturated carbocycles. The van der Waals surface area contributed by atoms with Crippen LogP contribution in [0, 0.1) is 0 Å². The zero-order valence-electron chi connectivity index (χ0n) is 6.53. The summed E-state index contributed by atoms with van der Waals surface area (Å²) in [5.74, 6) is 0. The molecule has 1 rings (SSSR count). The number of primary sulfonamides is 1. The summed E-state index contributed by atoms with van der Waals surface area (Å²) in [6.45, 7) is 0. The molecule has 0 radical (unpaired) electrons. The SMILES string of the molecule is NS(=O)(=O)c1ccccc1.[N-]=[N+]=[N-]. The van der Waals surface area contributed by atoms with E-state index in [1.807, 2.05) is 0 Å². The van der Waals surface area contributed by atoms with Gasteiger partial charge in [-0.2, -0.15) is 0 Å². The molecular weight excluding hydrogens is 192 g/mol. The topological polar surface area (TPSA) is 119 Å². The van der Waals surface area contributed by atoms with E-state index in [9.17, 15) is 8.42 Å².